The molecule has 1 aromatic heterocycles. The zero-order valence-electron chi connectivity index (χ0n) is 16.7. The van der Waals surface area contributed by atoms with E-state index in [2.05, 4.69) is 20.6 Å². The van der Waals surface area contributed by atoms with Crippen LogP contribution in [-0.4, -0.2) is 38.3 Å². The third kappa shape index (κ3) is 6.56. The maximum absolute atomic E-state index is 11.5. The smallest absolute Gasteiger partial charge is 0.478 e. The molecule has 4 N–H and O–H groups in total. The first-order chi connectivity index (χ1) is 15.5. The number of aromatic nitrogens is 2. The van der Waals surface area contributed by atoms with Gasteiger partial charge in [0, 0.05) is 11.4 Å². The second kappa shape index (κ2) is 9.74. The number of hydrogen-bond acceptors (Lipinski definition) is 6. The number of aliphatic carboxylic acids is 1. The van der Waals surface area contributed by atoms with Crippen molar-refractivity contribution in [3.05, 3.63) is 70.4 Å². The second-order valence-corrected chi connectivity index (χ2v) is 7.27. The molecule has 8 nitrogen and oxygen atoms in total. The van der Waals surface area contributed by atoms with Crippen LogP contribution < -0.4 is 10.6 Å². The van der Waals surface area contributed by atoms with Gasteiger partial charge in [0.1, 0.15) is 5.02 Å². The Balaban J connectivity index is 0.000000383. The van der Waals surface area contributed by atoms with Crippen molar-refractivity contribution in [3.8, 4) is 0 Å². The van der Waals surface area contributed by atoms with E-state index in [9.17, 15) is 23.1 Å². The first kappa shape index (κ1) is 23.8. The molecule has 3 aromatic rings. The molecule has 0 unspecified atom stereocenters. The maximum Gasteiger partial charge on any atom is 0.490 e. The van der Waals surface area contributed by atoms with Crippen molar-refractivity contribution in [3.63, 3.8) is 0 Å². The van der Waals surface area contributed by atoms with E-state index >= 15 is 0 Å². The number of carboxylic acids is 2. The highest BCUT2D eigenvalue weighted by atomic mass is 35.5. The molecule has 0 saturated heterocycles. The van der Waals surface area contributed by atoms with Gasteiger partial charge in [0.15, 0.2) is 5.82 Å². The molecule has 0 fully saturated rings. The molecule has 0 saturated carbocycles. The van der Waals surface area contributed by atoms with Crippen LogP contribution in [0.5, 0.6) is 0 Å². The molecule has 172 valence electrons. The predicted octanol–water partition coefficient (Wildman–Crippen LogP) is 5.05. The molecule has 2 heterocycles. The Morgan fingerprint density at radius 1 is 0.970 bits per heavy atom. The van der Waals surface area contributed by atoms with Gasteiger partial charge in [0.25, 0.3) is 0 Å². The van der Waals surface area contributed by atoms with Crippen LogP contribution in [0.4, 0.5) is 36.3 Å². The van der Waals surface area contributed by atoms with Gasteiger partial charge in [-0.1, -0.05) is 23.7 Å². The highest BCUT2D eigenvalue weighted by molar-refractivity contribution is 6.32. The minimum atomic E-state index is -5.08. The SMILES string of the molecule is O=C(O)C(F)(F)F.O=C(O)c1cc2cc(c1)Nc1nc(ncc1Cl)Nc1cccc(c1)CC2. The lowest BCUT2D eigenvalue weighted by molar-refractivity contribution is -0.192. The van der Waals surface area contributed by atoms with Gasteiger partial charge < -0.3 is 20.8 Å². The van der Waals surface area contributed by atoms with E-state index in [0.717, 1.165) is 29.7 Å². The number of hydrogen-bond donors (Lipinski definition) is 4. The monoisotopic (exact) mass is 480 g/mol. The Bertz CT molecular complexity index is 1200. The quantitative estimate of drug-likeness (QED) is 0.381. The van der Waals surface area contributed by atoms with Gasteiger partial charge in [-0.25, -0.2) is 14.6 Å². The summed E-state index contributed by atoms with van der Waals surface area (Å²) >= 11 is 6.20. The molecule has 1 aliphatic rings. The number of alkyl halides is 3. The molecule has 2 aromatic carbocycles. The number of rotatable bonds is 1. The van der Waals surface area contributed by atoms with Gasteiger partial charge in [-0.15, -0.1) is 0 Å². The third-order valence-corrected chi connectivity index (χ3v) is 4.65. The van der Waals surface area contributed by atoms with Crippen molar-refractivity contribution in [1.82, 2.24) is 9.97 Å². The van der Waals surface area contributed by atoms with Crippen molar-refractivity contribution < 1.29 is 33.0 Å². The summed E-state index contributed by atoms with van der Waals surface area (Å²) in [5.74, 6) is -2.92. The Kier molecular flexibility index (Phi) is 7.02. The molecule has 4 rings (SSSR count). The molecule has 33 heavy (non-hydrogen) atoms. The van der Waals surface area contributed by atoms with E-state index in [0.29, 0.717) is 22.5 Å². The average Bonchev–Trinajstić information content (AvgIpc) is 2.74. The topological polar surface area (TPSA) is 124 Å². The van der Waals surface area contributed by atoms with Crippen LogP contribution in [0.15, 0.2) is 48.7 Å². The lowest BCUT2D eigenvalue weighted by Gasteiger charge is -2.11. The summed E-state index contributed by atoms with van der Waals surface area (Å²) in [6, 6.07) is 13.2. The van der Waals surface area contributed by atoms with Crippen LogP contribution in [0, 0.1) is 0 Å². The number of fused-ring (bicyclic) bond motifs is 6. The van der Waals surface area contributed by atoms with E-state index in [1.54, 1.807) is 12.1 Å². The predicted molar refractivity (Wildman–Crippen MR) is 115 cm³/mol. The van der Waals surface area contributed by atoms with E-state index in [4.69, 9.17) is 21.5 Å². The lowest BCUT2D eigenvalue weighted by atomic mass is 10.0. The number of aryl methyl sites for hydroxylation is 2. The Labute approximate surface area is 190 Å². The Morgan fingerprint density at radius 2 is 1.64 bits per heavy atom. The van der Waals surface area contributed by atoms with Crippen LogP contribution in [-0.2, 0) is 17.6 Å². The zero-order valence-corrected chi connectivity index (χ0v) is 17.4. The summed E-state index contributed by atoms with van der Waals surface area (Å²) in [6.45, 7) is 0. The number of anilines is 4. The summed E-state index contributed by atoms with van der Waals surface area (Å²) in [5.41, 5.74) is 3.79. The summed E-state index contributed by atoms with van der Waals surface area (Å²) < 4.78 is 31.7. The number of nitrogens with one attached hydrogen (secondary N) is 2. The molecule has 12 heteroatoms. The van der Waals surface area contributed by atoms with Crippen LogP contribution >= 0.6 is 11.6 Å². The van der Waals surface area contributed by atoms with E-state index < -0.39 is 18.1 Å². The Hall–Kier alpha value is -3.86. The molecule has 0 spiro atoms. The Morgan fingerprint density at radius 3 is 2.30 bits per heavy atom. The summed E-state index contributed by atoms with van der Waals surface area (Å²) in [4.78, 5) is 29.0. The van der Waals surface area contributed by atoms with Crippen LogP contribution in [0.3, 0.4) is 0 Å². The molecular weight excluding hydrogens is 465 g/mol. The third-order valence-electron chi connectivity index (χ3n) is 4.37. The standard InChI is InChI=1S/C19H15ClN4O2.C2HF3O2/c20-16-10-21-19-23-14-3-1-2-11(7-14)4-5-12-6-13(18(25)26)9-15(8-12)22-17(16)24-19;3-2(4,5)1(6)7/h1-3,6-10H,4-5H2,(H,25,26)(H2,21,22,23,24);(H,6,7). The number of carbonyl (C=O) groups is 2. The van der Waals surface area contributed by atoms with Gasteiger partial charge in [0.05, 0.1) is 11.8 Å². The summed E-state index contributed by atoms with van der Waals surface area (Å²) in [7, 11) is 0. The number of benzene rings is 2. The molecule has 1 aliphatic heterocycles. The van der Waals surface area contributed by atoms with Crippen molar-refractivity contribution in [1.29, 1.82) is 0 Å². The van der Waals surface area contributed by atoms with Crippen molar-refractivity contribution in [2.75, 3.05) is 10.6 Å². The highest BCUT2D eigenvalue weighted by Gasteiger charge is 2.38. The normalized spacial score (nSPS) is 12.4. The van der Waals surface area contributed by atoms with Crippen molar-refractivity contribution in [2.45, 2.75) is 19.0 Å². The number of halogens is 4. The summed E-state index contributed by atoms with van der Waals surface area (Å²) in [5, 5.41) is 23.2. The van der Waals surface area contributed by atoms with Crippen LogP contribution in [0.1, 0.15) is 21.5 Å². The molecular formula is C21H16ClF3N4O4. The fourth-order valence-electron chi connectivity index (χ4n) is 2.91. The minimum absolute atomic E-state index is 0.220. The minimum Gasteiger partial charge on any atom is -0.478 e. The van der Waals surface area contributed by atoms with Gasteiger partial charge in [-0.2, -0.15) is 18.2 Å². The molecule has 0 radical (unpaired) electrons. The van der Waals surface area contributed by atoms with E-state index in [1.165, 1.54) is 6.20 Å². The first-order valence-corrected chi connectivity index (χ1v) is 9.72. The maximum atomic E-state index is 11.5. The van der Waals surface area contributed by atoms with Gasteiger partial charge in [0.2, 0.25) is 5.95 Å². The van der Waals surface area contributed by atoms with Crippen molar-refractivity contribution >= 4 is 46.7 Å². The van der Waals surface area contributed by atoms with Gasteiger partial charge >= 0.3 is 18.1 Å². The second-order valence-electron chi connectivity index (χ2n) is 6.87. The number of carboxylic acid groups (broad SMARTS) is 2. The molecule has 0 aliphatic carbocycles. The van der Waals surface area contributed by atoms with E-state index in [-0.39, 0.29) is 5.56 Å². The highest BCUT2D eigenvalue weighted by Crippen LogP contribution is 2.27. The van der Waals surface area contributed by atoms with Crippen molar-refractivity contribution in [2.24, 2.45) is 0 Å². The van der Waals surface area contributed by atoms with Gasteiger partial charge in [-0.05, 0) is 54.3 Å². The molecule has 0 atom stereocenters. The largest absolute Gasteiger partial charge is 0.490 e. The van der Waals surface area contributed by atoms with E-state index in [1.807, 2.05) is 30.3 Å². The van der Waals surface area contributed by atoms with Gasteiger partial charge in [-0.3, -0.25) is 0 Å². The first-order valence-electron chi connectivity index (χ1n) is 9.34. The molecule has 6 bridgehead atoms. The van der Waals surface area contributed by atoms with Crippen LogP contribution in [0.25, 0.3) is 0 Å². The fraction of sp³-hybridized carbons (Fsp3) is 0.143. The van der Waals surface area contributed by atoms with Crippen LogP contribution in [0.2, 0.25) is 5.02 Å². The fourth-order valence-corrected chi connectivity index (χ4v) is 3.04. The zero-order chi connectivity index (χ0) is 24.2. The lowest BCUT2D eigenvalue weighted by Crippen LogP contribution is -2.21. The number of nitrogens with zero attached hydrogens (tertiary/aromatic N) is 2. The summed E-state index contributed by atoms with van der Waals surface area (Å²) in [6.07, 6.45) is -2.07. The average molecular weight is 481 g/mol. The molecule has 0 amide bonds. The number of aromatic carboxylic acids is 1.